The first-order valence-corrected chi connectivity index (χ1v) is 8.26. The Hall–Kier alpha value is -1.41. The minimum atomic E-state index is -3.56. The maximum absolute atomic E-state index is 12.5. The molecule has 2 aromatic rings. The van der Waals surface area contributed by atoms with E-state index in [4.69, 9.17) is 16.3 Å². The van der Waals surface area contributed by atoms with Gasteiger partial charge in [0, 0.05) is 18.1 Å². The Balaban J connectivity index is 1.82. The molecule has 1 aromatic heterocycles. The van der Waals surface area contributed by atoms with Gasteiger partial charge in [-0.25, -0.2) is 8.42 Å². The molecule has 3 rings (SSSR count). The summed E-state index contributed by atoms with van der Waals surface area (Å²) in [5.74, 6) is 0. The number of hydrogen-bond donors (Lipinski definition) is 1. The maximum Gasteiger partial charge on any atom is 0.260 e. The van der Waals surface area contributed by atoms with Crippen molar-refractivity contribution >= 4 is 21.6 Å². The second-order valence-corrected chi connectivity index (χ2v) is 7.04. The normalized spacial score (nSPS) is 20.5. The molecule has 0 saturated carbocycles. The molecule has 1 saturated heterocycles. The van der Waals surface area contributed by atoms with Crippen LogP contribution in [0.3, 0.4) is 0 Å². The number of aromatic nitrogens is 2. The maximum atomic E-state index is 12.5. The lowest BCUT2D eigenvalue weighted by Gasteiger charge is -2.32. The minimum absolute atomic E-state index is 0.0965. The number of hydrogen-bond acceptors (Lipinski definition) is 4. The summed E-state index contributed by atoms with van der Waals surface area (Å²) in [4.78, 5) is 0. The van der Waals surface area contributed by atoms with Crippen molar-refractivity contribution in [1.82, 2.24) is 14.5 Å². The van der Waals surface area contributed by atoms with Crippen LogP contribution in [0.15, 0.2) is 41.6 Å². The fraction of sp³-hybridized carbons (Fsp3) is 0.308. The van der Waals surface area contributed by atoms with Crippen molar-refractivity contribution in [2.45, 2.75) is 11.1 Å². The Labute approximate surface area is 127 Å². The zero-order chi connectivity index (χ0) is 14.9. The Bertz CT molecular complexity index is 701. The number of benzene rings is 1. The Morgan fingerprint density at radius 1 is 1.29 bits per heavy atom. The van der Waals surface area contributed by atoms with Crippen molar-refractivity contribution in [3.05, 3.63) is 47.1 Å². The molecular formula is C13H14ClN3O3S. The molecule has 0 amide bonds. The van der Waals surface area contributed by atoms with Crippen molar-refractivity contribution in [3.63, 3.8) is 0 Å². The van der Waals surface area contributed by atoms with E-state index >= 15 is 0 Å². The van der Waals surface area contributed by atoms with Crippen LogP contribution >= 0.6 is 11.6 Å². The Kier molecular flexibility index (Phi) is 3.99. The molecule has 6 nitrogen and oxygen atoms in total. The summed E-state index contributed by atoms with van der Waals surface area (Å²) in [6, 6.07) is 8.67. The van der Waals surface area contributed by atoms with Crippen LogP contribution in [0.1, 0.15) is 11.7 Å². The molecule has 21 heavy (non-hydrogen) atoms. The molecule has 8 heteroatoms. The lowest BCUT2D eigenvalue weighted by Crippen LogP contribution is -2.42. The van der Waals surface area contributed by atoms with Crippen LogP contribution in [0.2, 0.25) is 5.02 Å². The van der Waals surface area contributed by atoms with E-state index in [2.05, 4.69) is 10.2 Å². The van der Waals surface area contributed by atoms with Crippen molar-refractivity contribution < 1.29 is 13.2 Å². The van der Waals surface area contributed by atoms with Gasteiger partial charge in [0.2, 0.25) is 0 Å². The van der Waals surface area contributed by atoms with Gasteiger partial charge in [-0.15, -0.1) is 0 Å². The van der Waals surface area contributed by atoms with Crippen molar-refractivity contribution in [1.29, 1.82) is 0 Å². The smallest absolute Gasteiger partial charge is 0.260 e. The van der Waals surface area contributed by atoms with Gasteiger partial charge < -0.3 is 4.74 Å². The van der Waals surface area contributed by atoms with Gasteiger partial charge in [0.15, 0.2) is 5.03 Å². The number of rotatable bonds is 3. The topological polar surface area (TPSA) is 75.3 Å². The average molecular weight is 328 g/mol. The fourth-order valence-electron chi connectivity index (χ4n) is 2.25. The van der Waals surface area contributed by atoms with Crippen molar-refractivity contribution in [2.24, 2.45) is 0 Å². The van der Waals surface area contributed by atoms with Gasteiger partial charge >= 0.3 is 0 Å². The molecule has 2 heterocycles. The number of H-pyrrole nitrogens is 1. The average Bonchev–Trinajstić information content (AvgIpc) is 3.03. The third-order valence-corrected chi connectivity index (χ3v) is 5.41. The second-order valence-electron chi connectivity index (χ2n) is 4.69. The zero-order valence-electron chi connectivity index (χ0n) is 11.1. The molecule has 1 atom stereocenters. The first kappa shape index (κ1) is 14.5. The van der Waals surface area contributed by atoms with Gasteiger partial charge in [-0.3, -0.25) is 5.10 Å². The minimum Gasteiger partial charge on any atom is -0.371 e. The number of nitrogens with zero attached hydrogens (tertiary/aromatic N) is 2. The van der Waals surface area contributed by atoms with Gasteiger partial charge in [0.25, 0.3) is 10.0 Å². The summed E-state index contributed by atoms with van der Waals surface area (Å²) in [7, 11) is -3.56. The van der Waals surface area contributed by atoms with E-state index in [-0.39, 0.29) is 17.7 Å². The van der Waals surface area contributed by atoms with Crippen LogP contribution in [0, 0.1) is 0 Å². The van der Waals surface area contributed by atoms with Crippen LogP contribution in [0.5, 0.6) is 0 Å². The SMILES string of the molecule is O=S(=O)(c1ccn[nH]1)N1CCOC(c2ccc(Cl)cc2)C1. The standard InChI is InChI=1S/C13H14ClN3O3S/c14-11-3-1-10(2-4-11)12-9-17(7-8-20-12)21(18,19)13-5-6-15-16-13/h1-6,12H,7-9H2,(H,15,16). The van der Waals surface area contributed by atoms with E-state index in [1.165, 1.54) is 16.6 Å². The van der Waals surface area contributed by atoms with Crippen LogP contribution in [0.4, 0.5) is 0 Å². The number of halogens is 1. The summed E-state index contributed by atoms with van der Waals surface area (Å²) in [6.07, 6.45) is 1.12. The first-order chi connectivity index (χ1) is 10.1. The number of aromatic amines is 1. The van der Waals surface area contributed by atoms with E-state index in [0.717, 1.165) is 5.56 Å². The third-order valence-electron chi connectivity index (χ3n) is 3.36. The lowest BCUT2D eigenvalue weighted by molar-refractivity contribution is -0.00262. The molecule has 112 valence electrons. The zero-order valence-corrected chi connectivity index (χ0v) is 12.6. The predicted molar refractivity (Wildman–Crippen MR) is 77.5 cm³/mol. The lowest BCUT2D eigenvalue weighted by atomic mass is 10.1. The molecular weight excluding hydrogens is 314 g/mol. The quantitative estimate of drug-likeness (QED) is 0.933. The third kappa shape index (κ3) is 2.96. The molecule has 0 radical (unpaired) electrons. The molecule has 1 fully saturated rings. The van der Waals surface area contributed by atoms with Crippen LogP contribution in [-0.2, 0) is 14.8 Å². The summed E-state index contributed by atoms with van der Waals surface area (Å²) >= 11 is 5.86. The second kappa shape index (κ2) is 5.76. The first-order valence-electron chi connectivity index (χ1n) is 6.44. The van der Waals surface area contributed by atoms with E-state index in [1.807, 2.05) is 12.1 Å². The van der Waals surface area contributed by atoms with E-state index < -0.39 is 10.0 Å². The predicted octanol–water partition coefficient (Wildman–Crippen LogP) is 1.83. The highest BCUT2D eigenvalue weighted by Gasteiger charge is 2.32. The van der Waals surface area contributed by atoms with Gasteiger partial charge in [-0.1, -0.05) is 23.7 Å². The van der Waals surface area contributed by atoms with Crippen molar-refractivity contribution in [3.8, 4) is 0 Å². The van der Waals surface area contributed by atoms with E-state index in [9.17, 15) is 8.42 Å². The van der Waals surface area contributed by atoms with Gasteiger partial charge in [0.05, 0.1) is 18.9 Å². The number of sulfonamides is 1. The van der Waals surface area contributed by atoms with Gasteiger partial charge in [-0.2, -0.15) is 9.40 Å². The Morgan fingerprint density at radius 2 is 2.05 bits per heavy atom. The fourth-order valence-corrected chi connectivity index (χ4v) is 3.70. The van der Waals surface area contributed by atoms with E-state index in [1.54, 1.807) is 12.1 Å². The number of morpholine rings is 1. The highest BCUT2D eigenvalue weighted by Crippen LogP contribution is 2.26. The highest BCUT2D eigenvalue weighted by atomic mass is 35.5. The van der Waals surface area contributed by atoms with Crippen molar-refractivity contribution in [2.75, 3.05) is 19.7 Å². The molecule has 0 spiro atoms. The number of nitrogens with one attached hydrogen (secondary N) is 1. The molecule has 1 aliphatic heterocycles. The summed E-state index contributed by atoms with van der Waals surface area (Å²) in [5.41, 5.74) is 0.906. The molecule has 0 aliphatic carbocycles. The molecule has 1 aromatic carbocycles. The molecule has 1 aliphatic rings. The summed E-state index contributed by atoms with van der Waals surface area (Å²) in [5, 5.41) is 6.92. The molecule has 1 N–H and O–H groups in total. The summed E-state index contributed by atoms with van der Waals surface area (Å²) < 4.78 is 32.0. The molecule has 0 bridgehead atoms. The largest absolute Gasteiger partial charge is 0.371 e. The summed E-state index contributed by atoms with van der Waals surface area (Å²) in [6.45, 7) is 0.940. The highest BCUT2D eigenvalue weighted by molar-refractivity contribution is 7.89. The van der Waals surface area contributed by atoms with Gasteiger partial charge in [-0.05, 0) is 23.8 Å². The van der Waals surface area contributed by atoms with Crippen LogP contribution < -0.4 is 0 Å². The van der Waals surface area contributed by atoms with Crippen LogP contribution in [-0.4, -0.2) is 42.6 Å². The Morgan fingerprint density at radius 3 is 2.71 bits per heavy atom. The van der Waals surface area contributed by atoms with Crippen LogP contribution in [0.25, 0.3) is 0 Å². The molecule has 1 unspecified atom stereocenters. The van der Waals surface area contributed by atoms with Gasteiger partial charge in [0.1, 0.15) is 0 Å². The monoisotopic (exact) mass is 327 g/mol. The number of ether oxygens (including phenoxy) is 1. The van der Waals surface area contributed by atoms with E-state index in [0.29, 0.717) is 18.2 Å².